The molecular formula is C38H56NSi+. The Bertz CT molecular complexity index is 1340. The first kappa shape index (κ1) is 29.6. The molecule has 0 saturated heterocycles. The number of fused-ring (bicyclic) bond motifs is 1. The van der Waals surface area contributed by atoms with Crippen LogP contribution in [0, 0.1) is 6.92 Å². The number of benzene rings is 2. The first-order valence-corrected chi connectivity index (χ1v) is 18.9. The van der Waals surface area contributed by atoms with Crippen LogP contribution >= 0.6 is 0 Å². The van der Waals surface area contributed by atoms with Crippen LogP contribution in [0.5, 0.6) is 0 Å². The molecule has 0 aliphatic heterocycles. The lowest BCUT2D eigenvalue weighted by Crippen LogP contribution is -2.58. The van der Waals surface area contributed by atoms with E-state index in [1.807, 2.05) is 0 Å². The molecule has 0 spiro atoms. The zero-order valence-electron chi connectivity index (χ0n) is 27.2. The molecule has 0 radical (unpaired) electrons. The largest absolute Gasteiger partial charge is 0.220 e. The van der Waals surface area contributed by atoms with Crippen molar-refractivity contribution in [2.45, 2.75) is 141 Å². The SMILES string of the molecule is Cc1c(-c2c3ccc([Si](C)(C(C)(C)C)C(C)(C)C)cc3cc[n+]2C)cc(C2CCCCC2)cc1C1CCCCC1. The minimum atomic E-state index is -1.84. The molecular weight excluding hydrogens is 499 g/mol. The summed E-state index contributed by atoms with van der Waals surface area (Å²) < 4.78 is 2.41. The van der Waals surface area contributed by atoms with Gasteiger partial charge in [-0.05, 0) is 88.7 Å². The maximum Gasteiger partial charge on any atom is 0.220 e. The van der Waals surface area contributed by atoms with Gasteiger partial charge in [-0.1, -0.05) is 110 Å². The molecule has 1 heterocycles. The maximum absolute atomic E-state index is 2.66. The zero-order chi connectivity index (χ0) is 28.9. The Morgan fingerprint density at radius 2 is 1.30 bits per heavy atom. The summed E-state index contributed by atoms with van der Waals surface area (Å²) in [5.41, 5.74) is 7.70. The van der Waals surface area contributed by atoms with E-state index in [-0.39, 0.29) is 10.1 Å². The van der Waals surface area contributed by atoms with Crippen molar-refractivity contribution >= 4 is 24.0 Å². The molecule has 2 saturated carbocycles. The number of aromatic nitrogens is 1. The van der Waals surface area contributed by atoms with E-state index in [1.165, 1.54) is 91.8 Å². The van der Waals surface area contributed by atoms with Crippen molar-refractivity contribution in [3.05, 3.63) is 59.3 Å². The fourth-order valence-electron chi connectivity index (χ4n) is 8.53. The summed E-state index contributed by atoms with van der Waals surface area (Å²) in [6, 6.07) is 15.2. The normalized spacial score (nSPS) is 18.4. The minimum absolute atomic E-state index is 0.279. The van der Waals surface area contributed by atoms with Crippen molar-refractivity contribution in [2.75, 3.05) is 0 Å². The molecule has 1 nitrogen and oxygen atoms in total. The molecule has 2 aliphatic carbocycles. The highest BCUT2D eigenvalue weighted by Gasteiger charge is 2.50. The molecule has 0 unspecified atom stereocenters. The van der Waals surface area contributed by atoms with Crippen LogP contribution in [0.25, 0.3) is 22.0 Å². The van der Waals surface area contributed by atoms with E-state index in [4.69, 9.17) is 0 Å². The van der Waals surface area contributed by atoms with Crippen LogP contribution in [0.2, 0.25) is 16.6 Å². The van der Waals surface area contributed by atoms with Crippen LogP contribution in [0.4, 0.5) is 0 Å². The predicted octanol–water partition coefficient (Wildman–Crippen LogP) is 10.6. The number of pyridine rings is 1. The van der Waals surface area contributed by atoms with Crippen molar-refractivity contribution in [3.8, 4) is 11.3 Å². The molecule has 216 valence electrons. The molecule has 2 fully saturated rings. The van der Waals surface area contributed by atoms with E-state index in [9.17, 15) is 0 Å². The average Bonchev–Trinajstić information content (AvgIpc) is 2.92. The first-order valence-electron chi connectivity index (χ1n) is 16.4. The number of nitrogens with zero attached hydrogens (tertiary/aromatic N) is 1. The fraction of sp³-hybridized carbons (Fsp3) is 0.605. The lowest BCUT2D eigenvalue weighted by molar-refractivity contribution is -0.659. The summed E-state index contributed by atoms with van der Waals surface area (Å²) in [4.78, 5) is 0. The standard InChI is InChI=1S/C38H56NSi/c1-27-34(29-18-14-11-15-19-29)25-31(28-16-12-10-13-17-28)26-35(27)36-33-21-20-32(24-30(33)22-23-39(36)8)40(9,37(2,3)4)38(5,6)7/h20-26,28-29H,10-19H2,1-9H3/q+1. The van der Waals surface area contributed by atoms with Gasteiger partial charge in [-0.25, -0.2) is 4.57 Å². The average molecular weight is 555 g/mol. The summed E-state index contributed by atoms with van der Waals surface area (Å²) >= 11 is 0. The summed E-state index contributed by atoms with van der Waals surface area (Å²) in [6.07, 6.45) is 16.2. The number of hydrogen-bond acceptors (Lipinski definition) is 0. The summed E-state index contributed by atoms with van der Waals surface area (Å²) in [6.45, 7) is 19.9. The summed E-state index contributed by atoms with van der Waals surface area (Å²) in [7, 11) is 0.426. The second-order valence-corrected chi connectivity index (χ2v) is 21.5. The minimum Gasteiger partial charge on any atom is -0.200 e. The molecule has 40 heavy (non-hydrogen) atoms. The van der Waals surface area contributed by atoms with Gasteiger partial charge in [0, 0.05) is 6.07 Å². The number of aryl methyl sites for hydroxylation is 1. The molecule has 0 atom stereocenters. The van der Waals surface area contributed by atoms with E-state index in [0.29, 0.717) is 0 Å². The van der Waals surface area contributed by atoms with E-state index in [0.717, 1.165) is 11.8 Å². The Morgan fingerprint density at radius 1 is 0.725 bits per heavy atom. The topological polar surface area (TPSA) is 3.88 Å². The fourth-order valence-corrected chi connectivity index (χ4v) is 13.4. The van der Waals surface area contributed by atoms with Crippen molar-refractivity contribution in [2.24, 2.45) is 7.05 Å². The van der Waals surface area contributed by atoms with Crippen LogP contribution in [-0.2, 0) is 7.05 Å². The molecule has 1 aromatic heterocycles. The van der Waals surface area contributed by atoms with Gasteiger partial charge in [0.2, 0.25) is 5.69 Å². The van der Waals surface area contributed by atoms with E-state index >= 15 is 0 Å². The first-order chi connectivity index (χ1) is 18.8. The molecule has 2 heteroatoms. The van der Waals surface area contributed by atoms with Gasteiger partial charge in [-0.15, -0.1) is 0 Å². The van der Waals surface area contributed by atoms with E-state index in [1.54, 1.807) is 16.3 Å². The van der Waals surface area contributed by atoms with E-state index in [2.05, 4.69) is 109 Å². The van der Waals surface area contributed by atoms with Gasteiger partial charge < -0.3 is 0 Å². The maximum atomic E-state index is 2.66. The van der Waals surface area contributed by atoms with Crippen LogP contribution in [-0.4, -0.2) is 8.07 Å². The molecule has 2 aliphatic rings. The van der Waals surface area contributed by atoms with Gasteiger partial charge in [0.25, 0.3) is 0 Å². The van der Waals surface area contributed by atoms with Crippen LogP contribution < -0.4 is 9.75 Å². The molecule has 0 bridgehead atoms. The highest BCUT2D eigenvalue weighted by molar-refractivity contribution is 6.95. The second kappa shape index (κ2) is 11.0. The Kier molecular flexibility index (Phi) is 8.16. The lowest BCUT2D eigenvalue weighted by atomic mass is 9.76. The Hall–Kier alpha value is -1.93. The molecule has 2 aromatic carbocycles. The third-order valence-corrected chi connectivity index (χ3v) is 19.0. The number of hydrogen-bond donors (Lipinski definition) is 0. The van der Waals surface area contributed by atoms with Crippen LogP contribution in [0.15, 0.2) is 42.6 Å². The zero-order valence-corrected chi connectivity index (χ0v) is 28.2. The van der Waals surface area contributed by atoms with Crippen molar-refractivity contribution in [3.63, 3.8) is 0 Å². The molecule has 0 amide bonds. The Balaban J connectivity index is 1.71. The van der Waals surface area contributed by atoms with E-state index < -0.39 is 8.07 Å². The van der Waals surface area contributed by atoms with Gasteiger partial charge in [0.1, 0.15) is 7.05 Å². The quantitative estimate of drug-likeness (QED) is 0.223. The smallest absolute Gasteiger partial charge is 0.200 e. The predicted molar refractivity (Wildman–Crippen MR) is 178 cm³/mol. The highest BCUT2D eigenvalue weighted by atomic mass is 28.3. The van der Waals surface area contributed by atoms with Gasteiger partial charge in [0.05, 0.1) is 19.0 Å². The monoisotopic (exact) mass is 554 g/mol. The van der Waals surface area contributed by atoms with Gasteiger partial charge in [-0.3, -0.25) is 0 Å². The van der Waals surface area contributed by atoms with Crippen molar-refractivity contribution < 1.29 is 4.57 Å². The number of rotatable bonds is 4. The van der Waals surface area contributed by atoms with Crippen LogP contribution in [0.3, 0.4) is 0 Å². The third kappa shape index (κ3) is 5.23. The van der Waals surface area contributed by atoms with Gasteiger partial charge in [-0.2, -0.15) is 0 Å². The molecule has 0 N–H and O–H groups in total. The Morgan fingerprint density at radius 3 is 1.88 bits per heavy atom. The van der Waals surface area contributed by atoms with Gasteiger partial charge >= 0.3 is 0 Å². The van der Waals surface area contributed by atoms with Crippen molar-refractivity contribution in [1.82, 2.24) is 0 Å². The lowest BCUT2D eigenvalue weighted by Gasteiger charge is -2.50. The van der Waals surface area contributed by atoms with Gasteiger partial charge in [0.15, 0.2) is 6.20 Å². The summed E-state index contributed by atoms with van der Waals surface area (Å²) in [5, 5.41) is 4.96. The second-order valence-electron chi connectivity index (χ2n) is 15.7. The summed E-state index contributed by atoms with van der Waals surface area (Å²) in [5.74, 6) is 1.46. The Labute approximate surface area is 246 Å². The van der Waals surface area contributed by atoms with Crippen LogP contribution in [0.1, 0.15) is 134 Å². The molecule has 3 aromatic rings. The molecule has 5 rings (SSSR count). The highest BCUT2D eigenvalue weighted by Crippen LogP contribution is 2.51. The third-order valence-electron chi connectivity index (χ3n) is 11.6. The van der Waals surface area contributed by atoms with Crippen molar-refractivity contribution in [1.29, 1.82) is 0 Å².